The van der Waals surface area contributed by atoms with Crippen molar-refractivity contribution in [2.45, 2.75) is 65.0 Å². The predicted molar refractivity (Wildman–Crippen MR) is 140 cm³/mol. The first-order valence-electron chi connectivity index (χ1n) is 13.3. The van der Waals surface area contributed by atoms with Gasteiger partial charge in [0.1, 0.15) is 11.5 Å². The van der Waals surface area contributed by atoms with E-state index in [1.54, 1.807) is 30.2 Å². The number of aromatic nitrogens is 3. The number of amides is 2. The Kier molecular flexibility index (Phi) is 10.6. The molecule has 11 heteroatoms. The summed E-state index contributed by atoms with van der Waals surface area (Å²) in [6, 6.07) is 5.76. The molecule has 0 radical (unpaired) electrons. The zero-order valence-electron chi connectivity index (χ0n) is 22.7. The number of likely N-dealkylation sites (tertiary alicyclic amines) is 1. The van der Waals surface area contributed by atoms with Crippen LogP contribution in [0.1, 0.15) is 62.6 Å². The Labute approximate surface area is 223 Å². The van der Waals surface area contributed by atoms with Crippen LogP contribution in [0, 0.1) is 17.7 Å². The molecular weight excluding hydrogens is 493 g/mol. The van der Waals surface area contributed by atoms with E-state index in [0.717, 1.165) is 6.42 Å². The number of hydrogen-bond acceptors (Lipinski definition) is 6. The maximum Gasteiger partial charge on any atom is 0.407 e. The van der Waals surface area contributed by atoms with Crippen molar-refractivity contribution in [2.75, 3.05) is 33.4 Å². The first kappa shape index (κ1) is 29.5. The quantitative estimate of drug-likeness (QED) is 0.400. The third-order valence-corrected chi connectivity index (χ3v) is 7.02. The summed E-state index contributed by atoms with van der Waals surface area (Å²) in [4.78, 5) is 29.0. The fourth-order valence-electron chi connectivity index (χ4n) is 5.08. The number of carboxylic acid groups (broad SMARTS) is 1. The van der Waals surface area contributed by atoms with E-state index in [2.05, 4.69) is 10.3 Å². The number of carbonyl (C=O) groups excluding carboxylic acids is 1. The van der Waals surface area contributed by atoms with E-state index in [1.807, 2.05) is 20.8 Å². The van der Waals surface area contributed by atoms with Crippen molar-refractivity contribution in [3.05, 3.63) is 41.5 Å². The van der Waals surface area contributed by atoms with E-state index in [9.17, 15) is 24.2 Å². The highest BCUT2D eigenvalue weighted by atomic mass is 19.1. The predicted octanol–water partition coefficient (Wildman–Crippen LogP) is 3.61. The van der Waals surface area contributed by atoms with Gasteiger partial charge in [0.2, 0.25) is 0 Å². The third kappa shape index (κ3) is 7.08. The molecule has 0 aliphatic carbocycles. The van der Waals surface area contributed by atoms with Crippen LogP contribution in [0.5, 0.6) is 0 Å². The number of rotatable bonds is 12. The normalized spacial score (nSPS) is 18.6. The molecule has 1 unspecified atom stereocenters. The topological polar surface area (TPSA) is 121 Å². The summed E-state index contributed by atoms with van der Waals surface area (Å²) >= 11 is 0. The maximum absolute atomic E-state index is 14.7. The molecule has 1 aliphatic rings. The molecule has 3 atom stereocenters. The number of halogens is 1. The second-order valence-corrected chi connectivity index (χ2v) is 10.4. The van der Waals surface area contributed by atoms with Crippen LogP contribution < -0.4 is 0 Å². The zero-order valence-corrected chi connectivity index (χ0v) is 22.7. The number of unbranched alkanes of at least 4 members (excludes halogenated alkanes) is 1. The summed E-state index contributed by atoms with van der Waals surface area (Å²) in [5, 5.41) is 28.7. The molecule has 0 bridgehead atoms. The molecule has 1 saturated heterocycles. The van der Waals surface area contributed by atoms with E-state index >= 15 is 0 Å². The van der Waals surface area contributed by atoms with Gasteiger partial charge in [0, 0.05) is 39.3 Å². The molecule has 38 heavy (non-hydrogen) atoms. The van der Waals surface area contributed by atoms with Crippen LogP contribution in [-0.2, 0) is 11.2 Å². The zero-order chi connectivity index (χ0) is 27.8. The van der Waals surface area contributed by atoms with Gasteiger partial charge in [-0.15, -0.1) is 5.10 Å². The number of aliphatic hydroxyl groups excluding tert-OH is 1. The average Bonchev–Trinajstić information content (AvgIpc) is 3.32. The maximum atomic E-state index is 14.7. The smallest absolute Gasteiger partial charge is 0.407 e. The van der Waals surface area contributed by atoms with Crippen molar-refractivity contribution in [1.29, 1.82) is 0 Å². The van der Waals surface area contributed by atoms with Crippen molar-refractivity contribution in [3.63, 3.8) is 0 Å². The molecule has 1 aromatic carbocycles. The highest BCUT2D eigenvalue weighted by Gasteiger charge is 2.39. The number of carbonyl (C=O) groups is 2. The molecule has 1 aromatic heterocycles. The lowest BCUT2D eigenvalue weighted by molar-refractivity contribution is 0.00720. The summed E-state index contributed by atoms with van der Waals surface area (Å²) < 4.78 is 21.3. The first-order chi connectivity index (χ1) is 18.2. The van der Waals surface area contributed by atoms with E-state index in [-0.39, 0.29) is 42.2 Å². The molecule has 1 aliphatic heterocycles. The molecule has 1 fully saturated rings. The lowest BCUT2D eigenvalue weighted by Crippen LogP contribution is -2.56. The SMILES string of the molecule is CCC(O)[C@@H]1C[C@H](N(CC(C)C)C(=O)c2nnn(-c3ccccc3F)c2CCCCOC)CN(C(=O)O)C1. The standard InChI is InChI=1S/C27H40FN5O5/c1-5-24(34)19-14-20(17-31(16-19)27(36)37)32(15-18(2)3)26(35)25-23(12-8-9-13-38-4)33(30-29-25)22-11-7-6-10-21(22)28/h6-7,10-11,18-20,24,34H,5,8-9,12-17H2,1-4H3,(H,36,37)/t19-,20+,24?/m1/s1. The Bertz CT molecular complexity index is 1080. The number of methoxy groups -OCH3 is 1. The van der Waals surface area contributed by atoms with Crippen LogP contribution >= 0.6 is 0 Å². The minimum Gasteiger partial charge on any atom is -0.465 e. The Morgan fingerprint density at radius 1 is 1.24 bits per heavy atom. The van der Waals surface area contributed by atoms with Crippen LogP contribution in [0.15, 0.2) is 24.3 Å². The van der Waals surface area contributed by atoms with Gasteiger partial charge in [-0.3, -0.25) is 4.79 Å². The van der Waals surface area contributed by atoms with E-state index in [0.29, 0.717) is 44.5 Å². The van der Waals surface area contributed by atoms with E-state index in [1.165, 1.54) is 15.6 Å². The summed E-state index contributed by atoms with van der Waals surface area (Å²) in [5.74, 6) is -1.04. The monoisotopic (exact) mass is 533 g/mol. The van der Waals surface area contributed by atoms with Crippen molar-refractivity contribution in [2.24, 2.45) is 11.8 Å². The minimum atomic E-state index is -1.08. The van der Waals surface area contributed by atoms with Gasteiger partial charge in [-0.25, -0.2) is 13.9 Å². The van der Waals surface area contributed by atoms with Crippen molar-refractivity contribution in [1.82, 2.24) is 24.8 Å². The minimum absolute atomic E-state index is 0.0977. The average molecular weight is 534 g/mol. The van der Waals surface area contributed by atoms with Gasteiger partial charge >= 0.3 is 6.09 Å². The first-order valence-corrected chi connectivity index (χ1v) is 13.3. The second kappa shape index (κ2) is 13.7. The van der Waals surface area contributed by atoms with E-state index < -0.39 is 24.1 Å². The van der Waals surface area contributed by atoms with Crippen molar-refractivity contribution in [3.8, 4) is 5.69 Å². The number of nitrogens with zero attached hydrogens (tertiary/aromatic N) is 5. The summed E-state index contributed by atoms with van der Waals surface area (Å²) in [7, 11) is 1.62. The molecule has 2 amide bonds. The fraction of sp³-hybridized carbons (Fsp3) is 0.630. The van der Waals surface area contributed by atoms with Gasteiger partial charge in [0.05, 0.1) is 17.8 Å². The molecule has 0 saturated carbocycles. The lowest BCUT2D eigenvalue weighted by atomic mass is 9.87. The Morgan fingerprint density at radius 3 is 2.61 bits per heavy atom. The lowest BCUT2D eigenvalue weighted by Gasteiger charge is -2.43. The number of benzene rings is 1. The molecule has 2 aromatic rings. The number of aliphatic hydroxyl groups is 1. The van der Waals surface area contributed by atoms with Gasteiger partial charge in [-0.05, 0) is 50.2 Å². The Balaban J connectivity index is 2.01. The number of para-hydroxylation sites is 1. The summed E-state index contributed by atoms with van der Waals surface area (Å²) in [6.45, 7) is 7.12. The van der Waals surface area contributed by atoms with Gasteiger partial charge < -0.3 is 24.7 Å². The van der Waals surface area contributed by atoms with Gasteiger partial charge in [0.15, 0.2) is 5.69 Å². The number of piperidine rings is 1. The molecule has 0 spiro atoms. The van der Waals surface area contributed by atoms with Crippen LogP contribution in [0.4, 0.5) is 9.18 Å². The molecule has 10 nitrogen and oxygen atoms in total. The molecule has 2 heterocycles. The van der Waals surface area contributed by atoms with Crippen LogP contribution in [0.3, 0.4) is 0 Å². The summed E-state index contributed by atoms with van der Waals surface area (Å²) in [5.41, 5.74) is 0.837. The van der Waals surface area contributed by atoms with Crippen molar-refractivity contribution >= 4 is 12.0 Å². The largest absolute Gasteiger partial charge is 0.465 e. The Hall–Kier alpha value is -3.05. The highest BCUT2D eigenvalue weighted by Crippen LogP contribution is 2.28. The van der Waals surface area contributed by atoms with Gasteiger partial charge in [-0.1, -0.05) is 38.1 Å². The highest BCUT2D eigenvalue weighted by molar-refractivity contribution is 5.93. The fourth-order valence-corrected chi connectivity index (χ4v) is 5.08. The number of ether oxygens (including phenoxy) is 1. The van der Waals surface area contributed by atoms with Crippen LogP contribution in [0.25, 0.3) is 5.69 Å². The van der Waals surface area contributed by atoms with Gasteiger partial charge in [0.25, 0.3) is 5.91 Å². The molecule has 2 N–H and O–H groups in total. The molecular formula is C27H40FN5O5. The molecule has 3 rings (SSSR count). The van der Waals surface area contributed by atoms with Crippen molar-refractivity contribution < 1.29 is 28.9 Å². The second-order valence-electron chi connectivity index (χ2n) is 10.4. The Morgan fingerprint density at radius 2 is 1.97 bits per heavy atom. The van der Waals surface area contributed by atoms with E-state index in [4.69, 9.17) is 4.74 Å². The number of hydrogen-bond donors (Lipinski definition) is 2. The molecule has 210 valence electrons. The third-order valence-electron chi connectivity index (χ3n) is 7.02. The van der Waals surface area contributed by atoms with Crippen LogP contribution in [0.2, 0.25) is 0 Å². The van der Waals surface area contributed by atoms with Gasteiger partial charge in [-0.2, -0.15) is 0 Å². The summed E-state index contributed by atoms with van der Waals surface area (Å²) in [6.07, 6.45) is 1.08. The van der Waals surface area contributed by atoms with Crippen LogP contribution in [-0.4, -0.2) is 92.5 Å².